The summed E-state index contributed by atoms with van der Waals surface area (Å²) < 4.78 is 5.83. The van der Waals surface area contributed by atoms with Gasteiger partial charge >= 0.3 is 0 Å². The van der Waals surface area contributed by atoms with Crippen LogP contribution >= 0.6 is 0 Å². The molecule has 24 heavy (non-hydrogen) atoms. The van der Waals surface area contributed by atoms with E-state index >= 15 is 0 Å². The zero-order valence-corrected chi connectivity index (χ0v) is 13.9. The van der Waals surface area contributed by atoms with E-state index in [4.69, 9.17) is 4.42 Å². The van der Waals surface area contributed by atoms with E-state index in [9.17, 15) is 4.79 Å². The molecule has 0 aliphatic carbocycles. The van der Waals surface area contributed by atoms with Crippen LogP contribution in [0.2, 0.25) is 0 Å². The van der Waals surface area contributed by atoms with Crippen LogP contribution in [0.15, 0.2) is 40.8 Å². The first-order valence-electron chi connectivity index (χ1n) is 8.65. The SMILES string of the molecule is CNc1ccccc1-c1ccc(C(=O)N[C@H]2CN3CCC2CC3)o1. The molecule has 2 N–H and O–H groups in total. The largest absolute Gasteiger partial charge is 0.451 e. The molecule has 0 spiro atoms. The molecule has 1 amide bonds. The van der Waals surface area contributed by atoms with Gasteiger partial charge in [-0.2, -0.15) is 0 Å². The predicted octanol–water partition coefficient (Wildman–Crippen LogP) is 2.81. The molecule has 126 valence electrons. The fourth-order valence-electron chi connectivity index (χ4n) is 3.89. The average Bonchev–Trinajstić information content (AvgIpc) is 3.13. The summed E-state index contributed by atoms with van der Waals surface area (Å²) in [5, 5.41) is 6.32. The van der Waals surface area contributed by atoms with Crippen molar-refractivity contribution in [2.75, 3.05) is 32.0 Å². The molecular weight excluding hydrogens is 302 g/mol. The lowest BCUT2D eigenvalue weighted by molar-refractivity contribution is 0.0606. The second kappa shape index (κ2) is 6.32. The fourth-order valence-corrected chi connectivity index (χ4v) is 3.89. The summed E-state index contributed by atoms with van der Waals surface area (Å²) in [5.41, 5.74) is 1.94. The van der Waals surface area contributed by atoms with Crippen molar-refractivity contribution in [2.45, 2.75) is 18.9 Å². The Bertz CT molecular complexity index is 732. The maximum atomic E-state index is 12.5. The quantitative estimate of drug-likeness (QED) is 0.907. The molecule has 1 atom stereocenters. The zero-order valence-electron chi connectivity index (χ0n) is 13.9. The lowest BCUT2D eigenvalue weighted by atomic mass is 9.84. The lowest BCUT2D eigenvalue weighted by Gasteiger charge is -2.44. The Labute approximate surface area is 142 Å². The Morgan fingerprint density at radius 2 is 1.96 bits per heavy atom. The molecule has 5 heteroatoms. The number of anilines is 1. The van der Waals surface area contributed by atoms with Crippen LogP contribution in [-0.2, 0) is 0 Å². The Hall–Kier alpha value is -2.27. The number of carbonyl (C=O) groups is 1. The summed E-state index contributed by atoms with van der Waals surface area (Å²) in [4.78, 5) is 15.0. The van der Waals surface area contributed by atoms with E-state index in [0.29, 0.717) is 17.4 Å². The van der Waals surface area contributed by atoms with E-state index in [0.717, 1.165) is 17.8 Å². The third kappa shape index (κ3) is 2.80. The number of para-hydroxylation sites is 1. The molecule has 2 aromatic rings. The van der Waals surface area contributed by atoms with Crippen LogP contribution in [0.4, 0.5) is 5.69 Å². The van der Waals surface area contributed by atoms with Gasteiger partial charge in [-0.3, -0.25) is 4.79 Å². The van der Waals surface area contributed by atoms with Gasteiger partial charge in [0.05, 0.1) is 0 Å². The van der Waals surface area contributed by atoms with E-state index in [-0.39, 0.29) is 11.9 Å². The number of amides is 1. The normalized spacial score (nSPS) is 25.5. The number of furan rings is 1. The van der Waals surface area contributed by atoms with Crippen molar-refractivity contribution in [1.82, 2.24) is 10.2 Å². The Morgan fingerprint density at radius 3 is 2.67 bits per heavy atom. The van der Waals surface area contributed by atoms with Gasteiger partial charge < -0.3 is 20.0 Å². The van der Waals surface area contributed by atoms with Crippen molar-refractivity contribution < 1.29 is 9.21 Å². The van der Waals surface area contributed by atoms with E-state index < -0.39 is 0 Å². The molecule has 5 nitrogen and oxygen atoms in total. The van der Waals surface area contributed by atoms with Gasteiger partial charge in [-0.25, -0.2) is 0 Å². The molecule has 3 aliphatic rings. The number of piperidine rings is 3. The van der Waals surface area contributed by atoms with E-state index in [1.54, 1.807) is 6.07 Å². The summed E-state index contributed by atoms with van der Waals surface area (Å²) in [7, 11) is 1.88. The van der Waals surface area contributed by atoms with Gasteiger partial charge in [0.1, 0.15) is 5.76 Å². The predicted molar refractivity (Wildman–Crippen MR) is 94.1 cm³/mol. The second-order valence-corrected chi connectivity index (χ2v) is 6.68. The van der Waals surface area contributed by atoms with E-state index in [1.807, 2.05) is 37.4 Å². The van der Waals surface area contributed by atoms with Crippen molar-refractivity contribution in [1.29, 1.82) is 0 Å². The summed E-state index contributed by atoms with van der Waals surface area (Å²) >= 11 is 0. The topological polar surface area (TPSA) is 57.5 Å². The first kappa shape index (κ1) is 15.3. The highest BCUT2D eigenvalue weighted by molar-refractivity contribution is 5.92. The molecule has 1 aromatic heterocycles. The molecule has 0 saturated carbocycles. The minimum absolute atomic E-state index is 0.109. The molecule has 3 fully saturated rings. The zero-order chi connectivity index (χ0) is 16.5. The number of hydrogen-bond acceptors (Lipinski definition) is 4. The van der Waals surface area contributed by atoms with Gasteiger partial charge in [-0.15, -0.1) is 0 Å². The highest BCUT2D eigenvalue weighted by Gasteiger charge is 2.35. The number of benzene rings is 1. The molecule has 0 unspecified atom stereocenters. The van der Waals surface area contributed by atoms with Crippen molar-refractivity contribution >= 4 is 11.6 Å². The molecule has 2 bridgehead atoms. The number of hydrogen-bond donors (Lipinski definition) is 2. The van der Waals surface area contributed by atoms with Gasteiger partial charge in [0.15, 0.2) is 5.76 Å². The van der Waals surface area contributed by atoms with Crippen LogP contribution in [0, 0.1) is 5.92 Å². The van der Waals surface area contributed by atoms with Gasteiger partial charge in [0.2, 0.25) is 0 Å². The van der Waals surface area contributed by atoms with Gasteiger partial charge in [0, 0.05) is 30.9 Å². The summed E-state index contributed by atoms with van der Waals surface area (Å²) in [6.07, 6.45) is 2.37. The Balaban J connectivity index is 1.49. The Morgan fingerprint density at radius 1 is 1.17 bits per heavy atom. The van der Waals surface area contributed by atoms with Crippen molar-refractivity contribution in [3.05, 3.63) is 42.2 Å². The third-order valence-corrected chi connectivity index (χ3v) is 5.26. The van der Waals surface area contributed by atoms with Gasteiger partial charge in [0.25, 0.3) is 5.91 Å². The Kier molecular flexibility index (Phi) is 4.02. The minimum atomic E-state index is -0.109. The van der Waals surface area contributed by atoms with Crippen LogP contribution in [0.1, 0.15) is 23.4 Å². The molecular formula is C19H23N3O2. The molecule has 5 rings (SSSR count). The van der Waals surface area contributed by atoms with Crippen molar-refractivity contribution in [3.63, 3.8) is 0 Å². The maximum Gasteiger partial charge on any atom is 0.287 e. The van der Waals surface area contributed by atoms with E-state index in [2.05, 4.69) is 15.5 Å². The monoisotopic (exact) mass is 325 g/mol. The van der Waals surface area contributed by atoms with Gasteiger partial charge in [-0.05, 0) is 56.1 Å². The minimum Gasteiger partial charge on any atom is -0.451 e. The van der Waals surface area contributed by atoms with Crippen LogP contribution in [-0.4, -0.2) is 43.5 Å². The van der Waals surface area contributed by atoms with Crippen LogP contribution in [0.25, 0.3) is 11.3 Å². The fraction of sp³-hybridized carbons (Fsp3) is 0.421. The van der Waals surface area contributed by atoms with E-state index in [1.165, 1.54) is 25.9 Å². The highest BCUT2D eigenvalue weighted by atomic mass is 16.3. The summed E-state index contributed by atoms with van der Waals surface area (Å²) in [5.74, 6) is 1.59. The average molecular weight is 325 g/mol. The van der Waals surface area contributed by atoms with Crippen LogP contribution in [0.3, 0.4) is 0 Å². The smallest absolute Gasteiger partial charge is 0.287 e. The number of nitrogens with one attached hydrogen (secondary N) is 2. The van der Waals surface area contributed by atoms with Crippen LogP contribution in [0.5, 0.6) is 0 Å². The third-order valence-electron chi connectivity index (χ3n) is 5.26. The van der Waals surface area contributed by atoms with Crippen LogP contribution < -0.4 is 10.6 Å². The van der Waals surface area contributed by atoms with Gasteiger partial charge in [-0.1, -0.05) is 12.1 Å². The first-order valence-corrected chi connectivity index (χ1v) is 8.65. The first-order chi connectivity index (χ1) is 11.7. The number of rotatable bonds is 4. The molecule has 4 heterocycles. The molecule has 3 saturated heterocycles. The van der Waals surface area contributed by atoms with Crippen molar-refractivity contribution in [2.24, 2.45) is 5.92 Å². The number of fused-ring (bicyclic) bond motifs is 3. The molecule has 0 radical (unpaired) electrons. The standard InChI is InChI=1S/C19H23N3O2/c1-20-15-5-3-2-4-14(15)17-6-7-18(24-17)19(23)21-16-12-22-10-8-13(16)9-11-22/h2-7,13,16,20H,8-12H2,1H3,(H,21,23)/t16-/m0/s1. The summed E-state index contributed by atoms with van der Waals surface area (Å²) in [6, 6.07) is 11.8. The highest BCUT2D eigenvalue weighted by Crippen LogP contribution is 2.30. The number of carbonyl (C=O) groups excluding carboxylic acids is 1. The maximum absolute atomic E-state index is 12.5. The van der Waals surface area contributed by atoms with Crippen molar-refractivity contribution in [3.8, 4) is 11.3 Å². The molecule has 3 aliphatic heterocycles. The lowest BCUT2D eigenvalue weighted by Crippen LogP contribution is -2.57. The number of nitrogens with zero attached hydrogens (tertiary/aromatic N) is 1. The molecule has 1 aromatic carbocycles. The summed E-state index contributed by atoms with van der Waals surface area (Å²) in [6.45, 7) is 3.30. The second-order valence-electron chi connectivity index (χ2n) is 6.68.